The highest BCUT2D eigenvalue weighted by Crippen LogP contribution is 2.14. The average Bonchev–Trinajstić information content (AvgIpc) is 2.93. The maximum absolute atomic E-state index is 11.8. The number of hydrogen-bond acceptors (Lipinski definition) is 7. The molecule has 0 aliphatic carbocycles. The van der Waals surface area contributed by atoms with Crippen LogP contribution in [-0.2, 0) is 16.6 Å². The minimum Gasteiger partial charge on any atom is -0.363 e. The van der Waals surface area contributed by atoms with Gasteiger partial charge < -0.3 is 10.6 Å². The molecule has 8 nitrogen and oxygen atoms in total. The number of primary sulfonamides is 1. The highest BCUT2D eigenvalue weighted by atomic mass is 32.2. The Hall–Kier alpha value is -2.04. The molecule has 0 saturated heterocycles. The zero-order valence-electron chi connectivity index (χ0n) is 11.0. The highest BCUT2D eigenvalue weighted by Gasteiger charge is 2.12. The van der Waals surface area contributed by atoms with Crippen molar-refractivity contribution in [2.45, 2.75) is 11.4 Å². The van der Waals surface area contributed by atoms with Gasteiger partial charge in [0.15, 0.2) is 0 Å². The Bertz CT molecular complexity index is 739. The van der Waals surface area contributed by atoms with Gasteiger partial charge in [-0.25, -0.2) is 13.6 Å². The van der Waals surface area contributed by atoms with Gasteiger partial charge in [0, 0.05) is 13.6 Å². The number of hydrogen-bond donors (Lipinski definition) is 3. The molecule has 0 aliphatic rings. The topological polar surface area (TPSA) is 127 Å². The van der Waals surface area contributed by atoms with Crippen LogP contribution in [-0.4, -0.2) is 31.6 Å². The fourth-order valence-electron chi connectivity index (χ4n) is 1.47. The van der Waals surface area contributed by atoms with Gasteiger partial charge in [-0.05, 0) is 17.7 Å². The van der Waals surface area contributed by atoms with E-state index < -0.39 is 10.0 Å². The fraction of sp³-hybridized carbons (Fsp3) is 0.182. The first-order valence-corrected chi connectivity index (χ1v) is 8.17. The van der Waals surface area contributed by atoms with E-state index in [4.69, 9.17) is 5.14 Å². The molecule has 1 aromatic heterocycles. The third-order valence-corrected chi connectivity index (χ3v) is 4.41. The van der Waals surface area contributed by atoms with Crippen molar-refractivity contribution in [2.75, 3.05) is 12.4 Å². The number of nitrogens with zero attached hydrogens (tertiary/aromatic N) is 2. The van der Waals surface area contributed by atoms with Crippen molar-refractivity contribution >= 4 is 32.4 Å². The van der Waals surface area contributed by atoms with Gasteiger partial charge in [-0.2, -0.15) is 0 Å². The molecule has 4 N–H and O–H groups in total. The number of nitrogens with one attached hydrogen (secondary N) is 2. The molecule has 0 aliphatic heterocycles. The number of carbonyl (C=O) groups excluding carboxylic acids is 1. The largest absolute Gasteiger partial charge is 0.363 e. The van der Waals surface area contributed by atoms with Gasteiger partial charge in [0.2, 0.25) is 20.2 Å². The summed E-state index contributed by atoms with van der Waals surface area (Å²) >= 11 is 1.14. The Kier molecular flexibility index (Phi) is 4.50. The van der Waals surface area contributed by atoms with Crippen molar-refractivity contribution in [1.82, 2.24) is 15.5 Å². The van der Waals surface area contributed by atoms with Crippen molar-refractivity contribution in [3.8, 4) is 0 Å². The second kappa shape index (κ2) is 6.16. The lowest BCUT2D eigenvalue weighted by molar-refractivity contribution is 0.0950. The summed E-state index contributed by atoms with van der Waals surface area (Å²) in [6, 6.07) is 5.94. The number of aromatic nitrogens is 2. The van der Waals surface area contributed by atoms with Gasteiger partial charge in [0.1, 0.15) is 0 Å². The van der Waals surface area contributed by atoms with Crippen molar-refractivity contribution in [1.29, 1.82) is 0 Å². The number of rotatable bonds is 5. The van der Waals surface area contributed by atoms with E-state index in [1.807, 2.05) is 0 Å². The molecule has 2 aromatic rings. The van der Waals surface area contributed by atoms with Gasteiger partial charge in [0.05, 0.1) is 4.90 Å². The van der Waals surface area contributed by atoms with Crippen LogP contribution in [0, 0.1) is 0 Å². The molecule has 0 fully saturated rings. The molecule has 0 unspecified atom stereocenters. The third kappa shape index (κ3) is 3.97. The van der Waals surface area contributed by atoms with Gasteiger partial charge in [-0.3, -0.25) is 4.79 Å². The SMILES string of the molecule is CNc1nnc(C(=O)NCc2ccc(S(N)(=O)=O)cc2)s1. The molecule has 0 bridgehead atoms. The van der Waals surface area contributed by atoms with Crippen LogP contribution < -0.4 is 15.8 Å². The molecule has 1 amide bonds. The summed E-state index contributed by atoms with van der Waals surface area (Å²) in [5.41, 5.74) is 0.745. The molecule has 0 atom stereocenters. The molecule has 10 heteroatoms. The molecule has 112 valence electrons. The second-order valence-corrected chi connectivity index (χ2v) is 6.57. The zero-order chi connectivity index (χ0) is 15.5. The minimum absolute atomic E-state index is 0.0281. The Morgan fingerprint density at radius 2 is 1.95 bits per heavy atom. The van der Waals surface area contributed by atoms with Crippen molar-refractivity contribution in [3.05, 3.63) is 34.8 Å². The van der Waals surface area contributed by atoms with Gasteiger partial charge >= 0.3 is 0 Å². The normalized spacial score (nSPS) is 11.1. The van der Waals surface area contributed by atoms with Gasteiger partial charge in [0.25, 0.3) is 5.91 Å². The maximum Gasteiger partial charge on any atom is 0.282 e. The van der Waals surface area contributed by atoms with Gasteiger partial charge in [-0.1, -0.05) is 23.5 Å². The number of benzene rings is 1. The smallest absolute Gasteiger partial charge is 0.282 e. The monoisotopic (exact) mass is 327 g/mol. The molecule has 1 heterocycles. The number of anilines is 1. The summed E-state index contributed by atoms with van der Waals surface area (Å²) in [5, 5.41) is 18.8. The fourth-order valence-corrected chi connectivity index (χ4v) is 2.60. The maximum atomic E-state index is 11.8. The summed E-state index contributed by atoms with van der Waals surface area (Å²) in [7, 11) is -2.02. The van der Waals surface area contributed by atoms with E-state index in [1.54, 1.807) is 19.2 Å². The molecular formula is C11H13N5O3S2. The summed E-state index contributed by atoms with van der Waals surface area (Å²) in [6.45, 7) is 0.248. The number of carbonyl (C=O) groups is 1. The Morgan fingerprint density at radius 3 is 2.48 bits per heavy atom. The van der Waals surface area contributed by atoms with Crippen molar-refractivity contribution in [3.63, 3.8) is 0 Å². The molecule has 21 heavy (non-hydrogen) atoms. The first kappa shape index (κ1) is 15.4. The average molecular weight is 327 g/mol. The lowest BCUT2D eigenvalue weighted by Gasteiger charge is -2.04. The van der Waals surface area contributed by atoms with Crippen LogP contribution in [0.2, 0.25) is 0 Å². The minimum atomic E-state index is -3.70. The Morgan fingerprint density at radius 1 is 1.29 bits per heavy atom. The molecule has 0 saturated carbocycles. The first-order chi connectivity index (χ1) is 9.90. The molecule has 1 aromatic carbocycles. The summed E-state index contributed by atoms with van der Waals surface area (Å²) in [6.07, 6.45) is 0. The Labute approximate surface area is 125 Å². The summed E-state index contributed by atoms with van der Waals surface area (Å²) in [4.78, 5) is 11.9. The van der Waals surface area contributed by atoms with Crippen molar-refractivity contribution < 1.29 is 13.2 Å². The number of nitrogens with two attached hydrogens (primary N) is 1. The van der Waals surface area contributed by atoms with Crippen LogP contribution in [0.15, 0.2) is 29.2 Å². The number of amides is 1. The molecule has 2 rings (SSSR count). The van der Waals surface area contributed by atoms with Crippen LogP contribution in [0.25, 0.3) is 0 Å². The van der Waals surface area contributed by atoms with Crippen LogP contribution >= 0.6 is 11.3 Å². The molecule has 0 spiro atoms. The quantitative estimate of drug-likeness (QED) is 0.718. The summed E-state index contributed by atoms with van der Waals surface area (Å²) < 4.78 is 22.2. The Balaban J connectivity index is 1.98. The van der Waals surface area contributed by atoms with E-state index in [1.165, 1.54) is 12.1 Å². The van der Waals surface area contributed by atoms with E-state index in [9.17, 15) is 13.2 Å². The van der Waals surface area contributed by atoms with Crippen LogP contribution in [0.4, 0.5) is 5.13 Å². The lowest BCUT2D eigenvalue weighted by Crippen LogP contribution is -2.22. The van der Waals surface area contributed by atoms with Crippen LogP contribution in [0.5, 0.6) is 0 Å². The van der Waals surface area contributed by atoms with E-state index in [2.05, 4.69) is 20.8 Å². The van der Waals surface area contributed by atoms with E-state index in [-0.39, 0.29) is 22.4 Å². The van der Waals surface area contributed by atoms with Crippen molar-refractivity contribution in [2.24, 2.45) is 5.14 Å². The summed E-state index contributed by atoms with van der Waals surface area (Å²) in [5.74, 6) is -0.343. The van der Waals surface area contributed by atoms with E-state index >= 15 is 0 Å². The standard InChI is InChI=1S/C11H13N5O3S2/c1-13-11-16-15-10(20-11)9(17)14-6-7-2-4-8(5-3-7)21(12,18)19/h2-5H,6H2,1H3,(H,13,16)(H,14,17)(H2,12,18,19). The second-order valence-electron chi connectivity index (χ2n) is 4.03. The number of sulfonamides is 1. The van der Waals surface area contributed by atoms with Gasteiger partial charge in [-0.15, -0.1) is 10.2 Å². The van der Waals surface area contributed by atoms with Crippen LogP contribution in [0.3, 0.4) is 0 Å². The van der Waals surface area contributed by atoms with E-state index in [0.29, 0.717) is 5.13 Å². The highest BCUT2D eigenvalue weighted by molar-refractivity contribution is 7.89. The van der Waals surface area contributed by atoms with E-state index in [0.717, 1.165) is 16.9 Å². The first-order valence-electron chi connectivity index (χ1n) is 5.81. The lowest BCUT2D eigenvalue weighted by atomic mass is 10.2. The molecule has 0 radical (unpaired) electrons. The molecular weight excluding hydrogens is 314 g/mol. The zero-order valence-corrected chi connectivity index (χ0v) is 12.7. The predicted octanol–water partition coefficient (Wildman–Crippen LogP) is 0.157. The predicted molar refractivity (Wildman–Crippen MR) is 78.4 cm³/mol. The van der Waals surface area contributed by atoms with Crippen LogP contribution in [0.1, 0.15) is 15.4 Å². The third-order valence-electron chi connectivity index (χ3n) is 2.54.